The molecule has 142 valence electrons. The van der Waals surface area contributed by atoms with Crippen LogP contribution >= 0.6 is 0 Å². The van der Waals surface area contributed by atoms with E-state index in [1.807, 2.05) is 13.0 Å². The first-order valence-electron chi connectivity index (χ1n) is 8.68. The van der Waals surface area contributed by atoms with E-state index in [1.165, 1.54) is 14.0 Å². The second-order valence-corrected chi connectivity index (χ2v) is 6.51. The van der Waals surface area contributed by atoms with Gasteiger partial charge in [-0.25, -0.2) is 4.79 Å². The monoisotopic (exact) mass is 378 g/mol. The van der Waals surface area contributed by atoms with Crippen LogP contribution in [0.1, 0.15) is 12.5 Å². The molecule has 0 radical (unpaired) electrons. The van der Waals surface area contributed by atoms with Crippen molar-refractivity contribution in [2.45, 2.75) is 13.8 Å². The van der Waals surface area contributed by atoms with E-state index in [0.717, 1.165) is 5.56 Å². The number of benzene rings is 3. The maximum Gasteiger partial charge on any atom is 0.344 e. The number of rotatable bonds is 3. The van der Waals surface area contributed by atoms with Crippen molar-refractivity contribution in [3.05, 3.63) is 52.4 Å². The van der Waals surface area contributed by atoms with Crippen molar-refractivity contribution in [2.24, 2.45) is 0 Å². The molecular formula is C22H18O6. The highest BCUT2D eigenvalue weighted by Gasteiger charge is 2.20. The summed E-state index contributed by atoms with van der Waals surface area (Å²) < 4.78 is 22.2. The molecule has 0 saturated carbocycles. The summed E-state index contributed by atoms with van der Waals surface area (Å²) in [6.07, 6.45) is 0. The molecule has 0 bridgehead atoms. The first-order chi connectivity index (χ1) is 13.4. The van der Waals surface area contributed by atoms with Gasteiger partial charge >= 0.3 is 11.6 Å². The number of aryl methyl sites for hydroxylation is 1. The summed E-state index contributed by atoms with van der Waals surface area (Å²) in [6.45, 7) is 3.21. The molecule has 0 aliphatic carbocycles. The summed E-state index contributed by atoms with van der Waals surface area (Å²) >= 11 is 0. The number of esters is 1. The van der Waals surface area contributed by atoms with Crippen LogP contribution in [-0.4, -0.2) is 20.2 Å². The molecule has 0 atom stereocenters. The molecule has 0 spiro atoms. The summed E-state index contributed by atoms with van der Waals surface area (Å²) in [5.74, 6) is 0.955. The van der Waals surface area contributed by atoms with Crippen LogP contribution in [-0.2, 0) is 4.79 Å². The van der Waals surface area contributed by atoms with Gasteiger partial charge in [-0.1, -0.05) is 12.1 Å². The number of carbonyl (C=O) groups excluding carboxylic acids is 1. The molecule has 1 aromatic heterocycles. The van der Waals surface area contributed by atoms with Gasteiger partial charge in [-0.2, -0.15) is 0 Å². The SMILES string of the molecule is COc1cc2c(oc(=O)c3cc(C)cc(OC)c32)c2cccc(OC(C)=O)c12. The van der Waals surface area contributed by atoms with Gasteiger partial charge in [0.25, 0.3) is 0 Å². The minimum Gasteiger partial charge on any atom is -0.496 e. The van der Waals surface area contributed by atoms with Crippen molar-refractivity contribution in [1.82, 2.24) is 0 Å². The van der Waals surface area contributed by atoms with Crippen molar-refractivity contribution < 1.29 is 23.4 Å². The van der Waals surface area contributed by atoms with Crippen molar-refractivity contribution in [1.29, 1.82) is 0 Å². The molecule has 6 heteroatoms. The van der Waals surface area contributed by atoms with E-state index in [2.05, 4.69) is 0 Å². The van der Waals surface area contributed by atoms with Crippen molar-refractivity contribution in [3.8, 4) is 17.2 Å². The van der Waals surface area contributed by atoms with Crippen LogP contribution in [0.15, 0.2) is 45.6 Å². The van der Waals surface area contributed by atoms with Crippen LogP contribution in [0.25, 0.3) is 32.5 Å². The quantitative estimate of drug-likeness (QED) is 0.228. The average Bonchev–Trinajstić information content (AvgIpc) is 2.67. The second kappa shape index (κ2) is 6.56. The second-order valence-electron chi connectivity index (χ2n) is 6.51. The molecule has 28 heavy (non-hydrogen) atoms. The predicted octanol–water partition coefficient (Wildman–Crippen LogP) is 4.35. The van der Waals surface area contributed by atoms with Gasteiger partial charge < -0.3 is 18.6 Å². The van der Waals surface area contributed by atoms with Crippen molar-refractivity contribution in [3.63, 3.8) is 0 Å². The van der Waals surface area contributed by atoms with Gasteiger partial charge in [-0.15, -0.1) is 0 Å². The molecule has 0 amide bonds. The summed E-state index contributed by atoms with van der Waals surface area (Å²) in [5.41, 5.74) is 0.805. The van der Waals surface area contributed by atoms with E-state index >= 15 is 0 Å². The molecule has 0 fully saturated rings. The lowest BCUT2D eigenvalue weighted by molar-refractivity contribution is -0.131. The Morgan fingerprint density at radius 3 is 2.29 bits per heavy atom. The number of fused-ring (bicyclic) bond motifs is 5. The minimum absolute atomic E-state index is 0.336. The summed E-state index contributed by atoms with van der Waals surface area (Å²) in [4.78, 5) is 24.2. The molecule has 0 saturated heterocycles. The van der Waals surface area contributed by atoms with E-state index in [4.69, 9.17) is 18.6 Å². The lowest BCUT2D eigenvalue weighted by atomic mass is 9.99. The van der Waals surface area contributed by atoms with Crippen LogP contribution in [0.3, 0.4) is 0 Å². The smallest absolute Gasteiger partial charge is 0.344 e. The molecule has 0 N–H and O–H groups in total. The third kappa shape index (κ3) is 2.65. The Kier molecular flexibility index (Phi) is 4.19. The zero-order valence-electron chi connectivity index (χ0n) is 15.9. The molecule has 4 rings (SSSR count). The van der Waals surface area contributed by atoms with E-state index in [1.54, 1.807) is 37.4 Å². The third-order valence-corrected chi connectivity index (χ3v) is 4.66. The lowest BCUT2D eigenvalue weighted by Gasteiger charge is -2.14. The molecule has 4 aromatic rings. The normalized spacial score (nSPS) is 11.1. The maximum absolute atomic E-state index is 12.7. The Labute approximate surface area is 160 Å². The van der Waals surface area contributed by atoms with Crippen LogP contribution in [0.2, 0.25) is 0 Å². The zero-order valence-corrected chi connectivity index (χ0v) is 15.9. The van der Waals surface area contributed by atoms with Crippen LogP contribution < -0.4 is 19.8 Å². The number of ether oxygens (including phenoxy) is 3. The van der Waals surface area contributed by atoms with E-state index in [9.17, 15) is 9.59 Å². The van der Waals surface area contributed by atoms with Gasteiger partial charge in [-0.3, -0.25) is 4.79 Å². The van der Waals surface area contributed by atoms with Crippen molar-refractivity contribution >= 4 is 38.5 Å². The maximum atomic E-state index is 12.7. The van der Waals surface area contributed by atoms with E-state index in [0.29, 0.717) is 49.8 Å². The first kappa shape index (κ1) is 17.9. The zero-order chi connectivity index (χ0) is 20.0. The molecule has 6 nitrogen and oxygen atoms in total. The van der Waals surface area contributed by atoms with Gasteiger partial charge in [0.2, 0.25) is 0 Å². The summed E-state index contributed by atoms with van der Waals surface area (Å²) in [5, 5.41) is 2.92. The van der Waals surface area contributed by atoms with Gasteiger partial charge in [0.05, 0.1) is 25.0 Å². The van der Waals surface area contributed by atoms with Gasteiger partial charge in [-0.05, 0) is 36.8 Å². The Morgan fingerprint density at radius 1 is 0.893 bits per heavy atom. The number of carbonyl (C=O) groups is 1. The summed E-state index contributed by atoms with van der Waals surface area (Å²) in [6, 6.07) is 10.6. The number of hydrogen-bond acceptors (Lipinski definition) is 6. The van der Waals surface area contributed by atoms with Gasteiger partial charge in [0.15, 0.2) is 0 Å². The summed E-state index contributed by atoms with van der Waals surface area (Å²) in [7, 11) is 3.10. The van der Waals surface area contributed by atoms with Crippen LogP contribution in [0.4, 0.5) is 0 Å². The van der Waals surface area contributed by atoms with Crippen molar-refractivity contribution in [2.75, 3.05) is 14.2 Å². The van der Waals surface area contributed by atoms with Gasteiger partial charge in [0, 0.05) is 23.1 Å². The number of methoxy groups -OCH3 is 2. The standard InChI is InChI=1S/C22H18O6/c1-11-8-15-19(17(9-11)25-3)14-10-18(26-4)20-13(21(14)28-22(15)24)6-5-7-16(20)27-12(2)23/h5-10H,1-4H3. The lowest BCUT2D eigenvalue weighted by Crippen LogP contribution is -2.04. The molecule has 0 unspecified atom stereocenters. The molecule has 1 heterocycles. The first-order valence-corrected chi connectivity index (χ1v) is 8.68. The molecule has 0 aliphatic rings. The van der Waals surface area contributed by atoms with Gasteiger partial charge in [0.1, 0.15) is 22.8 Å². The fourth-order valence-corrected chi connectivity index (χ4v) is 3.59. The van der Waals surface area contributed by atoms with E-state index < -0.39 is 11.6 Å². The number of hydrogen-bond donors (Lipinski definition) is 0. The molecular weight excluding hydrogens is 360 g/mol. The largest absolute Gasteiger partial charge is 0.496 e. The topological polar surface area (TPSA) is 75.0 Å². The Bertz CT molecular complexity index is 1320. The Morgan fingerprint density at radius 2 is 1.61 bits per heavy atom. The van der Waals surface area contributed by atoms with Crippen LogP contribution in [0, 0.1) is 6.92 Å². The highest BCUT2D eigenvalue weighted by Crippen LogP contribution is 2.42. The molecule has 0 aliphatic heterocycles. The predicted molar refractivity (Wildman–Crippen MR) is 107 cm³/mol. The highest BCUT2D eigenvalue weighted by molar-refractivity contribution is 6.18. The Balaban J connectivity index is 2.27. The van der Waals surface area contributed by atoms with E-state index in [-0.39, 0.29) is 0 Å². The fourth-order valence-electron chi connectivity index (χ4n) is 3.59. The van der Waals surface area contributed by atoms with Crippen LogP contribution in [0.5, 0.6) is 17.2 Å². The third-order valence-electron chi connectivity index (χ3n) is 4.66. The Hall–Kier alpha value is -3.54. The fraction of sp³-hybridized carbons (Fsp3) is 0.182. The molecule has 3 aromatic carbocycles. The minimum atomic E-state index is -0.464. The highest BCUT2D eigenvalue weighted by atomic mass is 16.5. The average molecular weight is 378 g/mol.